The van der Waals surface area contributed by atoms with Crippen LogP contribution >= 0.6 is 0 Å². The van der Waals surface area contributed by atoms with E-state index in [9.17, 15) is 14.7 Å². The number of rotatable bonds is 6. The third-order valence-corrected chi connectivity index (χ3v) is 5.52. The van der Waals surface area contributed by atoms with Crippen LogP contribution in [0.4, 0.5) is 0 Å². The molecule has 1 aromatic rings. The Kier molecular flexibility index (Phi) is 6.44. The summed E-state index contributed by atoms with van der Waals surface area (Å²) in [7, 11) is 1.56. The third kappa shape index (κ3) is 4.41. The summed E-state index contributed by atoms with van der Waals surface area (Å²) >= 11 is 0. The van der Waals surface area contributed by atoms with E-state index in [2.05, 4.69) is 0 Å². The molecule has 2 fully saturated rings. The highest BCUT2D eigenvalue weighted by Crippen LogP contribution is 2.34. The van der Waals surface area contributed by atoms with Gasteiger partial charge in [-0.05, 0) is 57.2 Å². The molecule has 2 aliphatic rings. The SMILES string of the molecule is COc1cc(C(=O)N2CCC([C@@H]3OCCC3C(=O)O)CC2)ccc1OC(C)C. The Hall–Kier alpha value is -2.28. The number of aliphatic carboxylic acids is 1. The monoisotopic (exact) mass is 391 g/mol. The Balaban J connectivity index is 1.63. The molecular formula is C21H29NO6. The zero-order valence-electron chi connectivity index (χ0n) is 16.7. The van der Waals surface area contributed by atoms with E-state index in [0.717, 1.165) is 12.8 Å². The summed E-state index contributed by atoms with van der Waals surface area (Å²) in [5.74, 6) is 0.0877. The highest BCUT2D eigenvalue weighted by molar-refractivity contribution is 5.95. The number of carbonyl (C=O) groups is 2. The number of methoxy groups -OCH3 is 1. The highest BCUT2D eigenvalue weighted by atomic mass is 16.5. The van der Waals surface area contributed by atoms with E-state index >= 15 is 0 Å². The molecule has 0 aliphatic carbocycles. The van der Waals surface area contributed by atoms with Gasteiger partial charge in [0.25, 0.3) is 5.91 Å². The summed E-state index contributed by atoms with van der Waals surface area (Å²) in [6.07, 6.45) is 1.87. The van der Waals surface area contributed by atoms with Crippen molar-refractivity contribution in [2.75, 3.05) is 26.8 Å². The van der Waals surface area contributed by atoms with Crippen LogP contribution in [-0.2, 0) is 9.53 Å². The first-order valence-corrected chi connectivity index (χ1v) is 9.89. The molecule has 0 aromatic heterocycles. The van der Waals surface area contributed by atoms with Gasteiger partial charge in [0.15, 0.2) is 11.5 Å². The number of carbonyl (C=O) groups excluding carboxylic acids is 1. The first-order chi connectivity index (χ1) is 13.4. The Labute approximate surface area is 165 Å². The predicted octanol–water partition coefficient (Wildman–Crippen LogP) is 2.82. The molecular weight excluding hydrogens is 362 g/mol. The lowest BCUT2D eigenvalue weighted by atomic mass is 9.84. The average Bonchev–Trinajstić information content (AvgIpc) is 3.17. The Morgan fingerprint density at radius 2 is 1.89 bits per heavy atom. The number of benzene rings is 1. The molecule has 28 heavy (non-hydrogen) atoms. The van der Waals surface area contributed by atoms with Crippen LogP contribution in [0.2, 0.25) is 0 Å². The molecule has 1 N–H and O–H groups in total. The maximum atomic E-state index is 12.9. The number of amides is 1. The fourth-order valence-electron chi connectivity index (χ4n) is 4.11. The van der Waals surface area contributed by atoms with Crippen LogP contribution in [0.3, 0.4) is 0 Å². The van der Waals surface area contributed by atoms with Gasteiger partial charge in [0, 0.05) is 25.3 Å². The molecule has 2 saturated heterocycles. The highest BCUT2D eigenvalue weighted by Gasteiger charge is 2.40. The zero-order chi connectivity index (χ0) is 20.3. The van der Waals surface area contributed by atoms with Gasteiger partial charge in [-0.15, -0.1) is 0 Å². The number of piperidine rings is 1. The van der Waals surface area contributed by atoms with E-state index in [1.165, 1.54) is 0 Å². The number of likely N-dealkylation sites (tertiary alicyclic amines) is 1. The molecule has 7 nitrogen and oxygen atoms in total. The molecule has 0 radical (unpaired) electrons. The third-order valence-electron chi connectivity index (χ3n) is 5.52. The lowest BCUT2D eigenvalue weighted by Crippen LogP contribution is -2.43. The zero-order valence-corrected chi connectivity index (χ0v) is 16.7. The Morgan fingerprint density at radius 1 is 1.18 bits per heavy atom. The Morgan fingerprint density at radius 3 is 2.50 bits per heavy atom. The van der Waals surface area contributed by atoms with Crippen molar-refractivity contribution < 1.29 is 28.9 Å². The van der Waals surface area contributed by atoms with Crippen LogP contribution in [0.15, 0.2) is 18.2 Å². The predicted molar refractivity (Wildman–Crippen MR) is 103 cm³/mol. The summed E-state index contributed by atoms with van der Waals surface area (Å²) in [6.45, 7) is 5.58. The fraction of sp³-hybridized carbons (Fsp3) is 0.619. The second-order valence-corrected chi connectivity index (χ2v) is 7.73. The van der Waals surface area contributed by atoms with Crippen molar-refractivity contribution in [1.29, 1.82) is 0 Å². The minimum Gasteiger partial charge on any atom is -0.493 e. The summed E-state index contributed by atoms with van der Waals surface area (Å²) < 4.78 is 16.8. The van der Waals surface area contributed by atoms with E-state index in [-0.39, 0.29) is 24.0 Å². The molecule has 1 unspecified atom stereocenters. The minimum absolute atomic E-state index is 0.0157. The molecule has 3 rings (SSSR count). The molecule has 2 aliphatic heterocycles. The fourth-order valence-corrected chi connectivity index (χ4v) is 4.11. The molecule has 0 bridgehead atoms. The number of carboxylic acid groups (broad SMARTS) is 1. The first kappa shape index (κ1) is 20.5. The van der Waals surface area contributed by atoms with Gasteiger partial charge < -0.3 is 24.2 Å². The van der Waals surface area contributed by atoms with Crippen LogP contribution < -0.4 is 9.47 Å². The maximum Gasteiger partial charge on any atom is 0.309 e. The van der Waals surface area contributed by atoms with Gasteiger partial charge in [-0.25, -0.2) is 0 Å². The van der Waals surface area contributed by atoms with E-state index in [0.29, 0.717) is 43.2 Å². The van der Waals surface area contributed by atoms with Crippen LogP contribution in [0.5, 0.6) is 11.5 Å². The van der Waals surface area contributed by atoms with E-state index in [4.69, 9.17) is 14.2 Å². The van der Waals surface area contributed by atoms with Crippen LogP contribution in [-0.4, -0.2) is 60.9 Å². The normalized spacial score (nSPS) is 23.1. The van der Waals surface area contributed by atoms with Gasteiger partial charge in [0.2, 0.25) is 0 Å². The molecule has 7 heteroatoms. The summed E-state index contributed by atoms with van der Waals surface area (Å²) in [4.78, 5) is 26.1. The number of carboxylic acids is 1. The topological polar surface area (TPSA) is 85.3 Å². The lowest BCUT2D eigenvalue weighted by molar-refractivity contribution is -0.145. The number of ether oxygens (including phenoxy) is 3. The molecule has 1 aromatic carbocycles. The maximum absolute atomic E-state index is 12.9. The standard InChI is InChI=1S/C21H29NO6/c1-13(2)28-17-5-4-15(12-18(17)26-3)20(23)22-9-6-14(7-10-22)19-16(21(24)25)8-11-27-19/h4-5,12-14,16,19H,6-11H2,1-3H3,(H,24,25)/t16?,19-/m0/s1. The van der Waals surface area contributed by atoms with Crippen molar-refractivity contribution >= 4 is 11.9 Å². The van der Waals surface area contributed by atoms with E-state index in [1.807, 2.05) is 18.7 Å². The molecule has 1 amide bonds. The van der Waals surface area contributed by atoms with Crippen molar-refractivity contribution in [2.24, 2.45) is 11.8 Å². The number of nitrogens with zero attached hydrogens (tertiary/aromatic N) is 1. The second-order valence-electron chi connectivity index (χ2n) is 7.73. The largest absolute Gasteiger partial charge is 0.493 e. The van der Waals surface area contributed by atoms with Crippen LogP contribution in [0.1, 0.15) is 43.5 Å². The van der Waals surface area contributed by atoms with Gasteiger partial charge in [0.05, 0.1) is 25.2 Å². The molecule has 154 valence electrons. The molecule has 2 heterocycles. The molecule has 0 saturated carbocycles. The molecule has 2 atom stereocenters. The summed E-state index contributed by atoms with van der Waals surface area (Å²) in [6, 6.07) is 5.24. The van der Waals surface area contributed by atoms with Crippen LogP contribution in [0, 0.1) is 11.8 Å². The van der Waals surface area contributed by atoms with Gasteiger partial charge in [0.1, 0.15) is 0 Å². The van der Waals surface area contributed by atoms with Crippen molar-refractivity contribution in [3.8, 4) is 11.5 Å². The summed E-state index contributed by atoms with van der Waals surface area (Å²) in [5.41, 5.74) is 0.562. The van der Waals surface area contributed by atoms with E-state index in [1.54, 1.807) is 25.3 Å². The second kappa shape index (κ2) is 8.82. The minimum atomic E-state index is -0.781. The quantitative estimate of drug-likeness (QED) is 0.803. The number of hydrogen-bond acceptors (Lipinski definition) is 5. The molecule has 0 spiro atoms. The average molecular weight is 391 g/mol. The van der Waals surface area contributed by atoms with E-state index < -0.39 is 11.9 Å². The van der Waals surface area contributed by atoms with Crippen molar-refractivity contribution in [3.05, 3.63) is 23.8 Å². The van der Waals surface area contributed by atoms with Crippen molar-refractivity contribution in [2.45, 2.75) is 45.3 Å². The first-order valence-electron chi connectivity index (χ1n) is 9.89. The summed E-state index contributed by atoms with van der Waals surface area (Å²) in [5, 5.41) is 9.36. The van der Waals surface area contributed by atoms with Crippen molar-refractivity contribution in [3.63, 3.8) is 0 Å². The van der Waals surface area contributed by atoms with Gasteiger partial charge in [-0.1, -0.05) is 0 Å². The number of hydrogen-bond donors (Lipinski definition) is 1. The van der Waals surface area contributed by atoms with Gasteiger partial charge >= 0.3 is 5.97 Å². The van der Waals surface area contributed by atoms with Gasteiger partial charge in [-0.3, -0.25) is 9.59 Å². The van der Waals surface area contributed by atoms with Crippen LogP contribution in [0.25, 0.3) is 0 Å². The smallest absolute Gasteiger partial charge is 0.309 e. The Bertz CT molecular complexity index is 711. The van der Waals surface area contributed by atoms with Gasteiger partial charge in [-0.2, -0.15) is 0 Å². The van der Waals surface area contributed by atoms with Crippen molar-refractivity contribution in [1.82, 2.24) is 4.90 Å². The lowest BCUT2D eigenvalue weighted by Gasteiger charge is -2.35.